The number of fused-ring (bicyclic) bond motifs is 1. The van der Waals surface area contributed by atoms with Gasteiger partial charge in [0.25, 0.3) is 11.8 Å². The number of aromatic nitrogens is 2. The molecule has 4 rings (SSSR count). The minimum Gasteiger partial charge on any atom is -0.340 e. The van der Waals surface area contributed by atoms with Crippen LogP contribution in [0, 0.1) is 12.8 Å². The van der Waals surface area contributed by atoms with Crippen molar-refractivity contribution >= 4 is 34.9 Å². The van der Waals surface area contributed by atoms with Crippen molar-refractivity contribution in [1.29, 1.82) is 0 Å². The highest BCUT2D eigenvalue weighted by Gasteiger charge is 2.42. The summed E-state index contributed by atoms with van der Waals surface area (Å²) in [5.74, 6) is -0.493. The van der Waals surface area contributed by atoms with E-state index in [-0.39, 0.29) is 5.92 Å². The van der Waals surface area contributed by atoms with Gasteiger partial charge in [0.05, 0.1) is 11.1 Å². The Labute approximate surface area is 192 Å². The quantitative estimate of drug-likeness (QED) is 0.531. The zero-order valence-electron chi connectivity index (χ0n) is 18.7. The molecular formula is C25H25N5O3. The highest BCUT2D eigenvalue weighted by molar-refractivity contribution is 6.23. The summed E-state index contributed by atoms with van der Waals surface area (Å²) in [4.78, 5) is 48.4. The maximum absolute atomic E-state index is 13.2. The van der Waals surface area contributed by atoms with Gasteiger partial charge < -0.3 is 10.6 Å². The number of nitrogens with zero attached hydrogens (tertiary/aromatic N) is 3. The molecule has 1 aliphatic rings. The molecule has 2 heterocycles. The van der Waals surface area contributed by atoms with Crippen LogP contribution in [0.15, 0.2) is 60.9 Å². The van der Waals surface area contributed by atoms with E-state index in [4.69, 9.17) is 0 Å². The fourth-order valence-electron chi connectivity index (χ4n) is 3.80. The Bertz CT molecular complexity index is 1170. The number of anilines is 3. The Morgan fingerprint density at radius 1 is 0.939 bits per heavy atom. The summed E-state index contributed by atoms with van der Waals surface area (Å²) in [6.07, 6.45) is 1.85. The van der Waals surface area contributed by atoms with Gasteiger partial charge in [0.1, 0.15) is 18.2 Å². The van der Waals surface area contributed by atoms with E-state index in [1.165, 1.54) is 6.33 Å². The second kappa shape index (κ2) is 9.20. The smallest absolute Gasteiger partial charge is 0.262 e. The fourth-order valence-corrected chi connectivity index (χ4v) is 3.80. The summed E-state index contributed by atoms with van der Waals surface area (Å²) in [5, 5.41) is 6.03. The third-order valence-electron chi connectivity index (χ3n) is 5.36. The van der Waals surface area contributed by atoms with Gasteiger partial charge in [-0.3, -0.25) is 19.3 Å². The topological polar surface area (TPSA) is 104 Å². The third-order valence-corrected chi connectivity index (χ3v) is 5.36. The van der Waals surface area contributed by atoms with E-state index < -0.39 is 23.8 Å². The highest BCUT2D eigenvalue weighted by Crippen LogP contribution is 2.28. The molecule has 0 aliphatic carbocycles. The Hall–Kier alpha value is -4.07. The molecule has 0 fully saturated rings. The Morgan fingerprint density at radius 3 is 2.12 bits per heavy atom. The lowest BCUT2D eigenvalue weighted by Crippen LogP contribution is -2.47. The van der Waals surface area contributed by atoms with Crippen LogP contribution in [0.5, 0.6) is 0 Å². The van der Waals surface area contributed by atoms with Crippen LogP contribution in [0.4, 0.5) is 17.2 Å². The zero-order valence-corrected chi connectivity index (χ0v) is 18.7. The number of nitrogens with one attached hydrogen (secondary N) is 2. The monoisotopic (exact) mass is 443 g/mol. The van der Waals surface area contributed by atoms with Crippen molar-refractivity contribution in [3.63, 3.8) is 0 Å². The van der Waals surface area contributed by atoms with Gasteiger partial charge in [0.2, 0.25) is 5.91 Å². The van der Waals surface area contributed by atoms with Gasteiger partial charge in [0, 0.05) is 23.1 Å². The van der Waals surface area contributed by atoms with Crippen molar-refractivity contribution in [1.82, 2.24) is 14.9 Å². The van der Waals surface area contributed by atoms with Crippen LogP contribution in [0.2, 0.25) is 0 Å². The number of hydrogen-bond acceptors (Lipinski definition) is 6. The first-order valence-electron chi connectivity index (χ1n) is 10.8. The maximum atomic E-state index is 13.2. The Morgan fingerprint density at radius 2 is 1.55 bits per heavy atom. The van der Waals surface area contributed by atoms with E-state index in [0.717, 1.165) is 16.3 Å². The lowest BCUT2D eigenvalue weighted by molar-refractivity contribution is -0.120. The minimum absolute atomic E-state index is 0.105. The molecular weight excluding hydrogens is 418 g/mol. The molecule has 1 unspecified atom stereocenters. The molecule has 1 atom stereocenters. The number of imide groups is 1. The second-order valence-electron chi connectivity index (χ2n) is 8.41. The van der Waals surface area contributed by atoms with Gasteiger partial charge in [-0.05, 0) is 55.7 Å². The van der Waals surface area contributed by atoms with Gasteiger partial charge in [0.15, 0.2) is 0 Å². The van der Waals surface area contributed by atoms with Crippen LogP contribution in [-0.4, -0.2) is 38.6 Å². The normalized spacial score (nSPS) is 13.8. The van der Waals surface area contributed by atoms with Crippen LogP contribution >= 0.6 is 0 Å². The summed E-state index contributed by atoms with van der Waals surface area (Å²) in [6.45, 7) is 5.79. The number of carbonyl (C=O) groups excluding carboxylic acids is 3. The average molecular weight is 444 g/mol. The van der Waals surface area contributed by atoms with Crippen molar-refractivity contribution < 1.29 is 14.4 Å². The summed E-state index contributed by atoms with van der Waals surface area (Å²) in [6, 6.07) is 14.7. The van der Waals surface area contributed by atoms with Gasteiger partial charge in [-0.25, -0.2) is 9.97 Å². The fraction of sp³-hybridized carbons (Fsp3) is 0.240. The first-order valence-corrected chi connectivity index (χ1v) is 10.8. The lowest BCUT2D eigenvalue weighted by atomic mass is 10.0. The van der Waals surface area contributed by atoms with E-state index in [0.29, 0.717) is 29.1 Å². The predicted octanol–water partition coefficient (Wildman–Crippen LogP) is 4.18. The number of carbonyl (C=O) groups is 3. The van der Waals surface area contributed by atoms with Crippen molar-refractivity contribution in [2.24, 2.45) is 5.92 Å². The van der Waals surface area contributed by atoms with E-state index in [2.05, 4.69) is 20.6 Å². The number of benzene rings is 2. The molecule has 1 aromatic heterocycles. The zero-order chi connectivity index (χ0) is 23.5. The van der Waals surface area contributed by atoms with E-state index in [1.807, 2.05) is 39.0 Å². The first kappa shape index (κ1) is 22.1. The molecule has 3 aromatic rings. The molecule has 168 valence electrons. The highest BCUT2D eigenvalue weighted by atomic mass is 16.2. The Kier molecular flexibility index (Phi) is 6.17. The predicted molar refractivity (Wildman–Crippen MR) is 125 cm³/mol. The van der Waals surface area contributed by atoms with E-state index in [1.54, 1.807) is 36.4 Å². The largest absolute Gasteiger partial charge is 0.340 e. The molecule has 2 aromatic carbocycles. The van der Waals surface area contributed by atoms with Gasteiger partial charge in [-0.2, -0.15) is 0 Å². The number of rotatable bonds is 7. The van der Waals surface area contributed by atoms with Gasteiger partial charge in [-0.1, -0.05) is 26.0 Å². The molecule has 2 N–H and O–H groups in total. The standard InChI is InChI=1S/C25H25N5O3/c1-15(2)12-21(30-24(32)19-6-4-5-7-20(19)25(30)33)23(31)29-18-10-8-17(9-11-18)28-22-13-16(3)26-14-27-22/h4-11,13-15,21H,12H2,1-3H3,(H,29,31)(H,26,27,28). The summed E-state index contributed by atoms with van der Waals surface area (Å²) in [5.41, 5.74) is 2.87. The molecule has 0 saturated heterocycles. The van der Waals surface area contributed by atoms with Crippen LogP contribution in [0.1, 0.15) is 46.7 Å². The van der Waals surface area contributed by atoms with Gasteiger partial charge in [-0.15, -0.1) is 0 Å². The Balaban J connectivity index is 1.50. The minimum atomic E-state index is -0.904. The van der Waals surface area contributed by atoms with Crippen LogP contribution in [0.3, 0.4) is 0 Å². The van der Waals surface area contributed by atoms with Crippen molar-refractivity contribution in [3.05, 3.63) is 77.7 Å². The number of aryl methyl sites for hydroxylation is 1. The molecule has 0 bridgehead atoms. The SMILES string of the molecule is Cc1cc(Nc2ccc(NC(=O)C(CC(C)C)N3C(=O)c4ccccc4C3=O)cc2)ncn1. The molecule has 8 nitrogen and oxygen atoms in total. The molecule has 0 spiro atoms. The molecule has 3 amide bonds. The summed E-state index contributed by atoms with van der Waals surface area (Å²) < 4.78 is 0. The summed E-state index contributed by atoms with van der Waals surface area (Å²) in [7, 11) is 0. The van der Waals surface area contributed by atoms with Crippen molar-refractivity contribution in [3.8, 4) is 0 Å². The second-order valence-corrected chi connectivity index (χ2v) is 8.41. The van der Waals surface area contributed by atoms with Crippen LogP contribution in [0.25, 0.3) is 0 Å². The average Bonchev–Trinajstić information content (AvgIpc) is 3.04. The van der Waals surface area contributed by atoms with E-state index in [9.17, 15) is 14.4 Å². The van der Waals surface area contributed by atoms with Crippen LogP contribution < -0.4 is 10.6 Å². The molecule has 0 saturated carbocycles. The number of hydrogen-bond donors (Lipinski definition) is 2. The molecule has 1 aliphatic heterocycles. The molecule has 8 heteroatoms. The molecule has 33 heavy (non-hydrogen) atoms. The van der Waals surface area contributed by atoms with Crippen molar-refractivity contribution in [2.75, 3.05) is 10.6 Å². The van der Waals surface area contributed by atoms with Crippen molar-refractivity contribution in [2.45, 2.75) is 33.2 Å². The third kappa shape index (κ3) is 4.74. The van der Waals surface area contributed by atoms with E-state index >= 15 is 0 Å². The van der Waals surface area contributed by atoms with Crippen LogP contribution in [-0.2, 0) is 4.79 Å². The molecule has 0 radical (unpaired) electrons. The van der Waals surface area contributed by atoms with Gasteiger partial charge >= 0.3 is 0 Å². The summed E-state index contributed by atoms with van der Waals surface area (Å²) >= 11 is 0. The maximum Gasteiger partial charge on any atom is 0.262 e. The lowest BCUT2D eigenvalue weighted by Gasteiger charge is -2.26. The first-order chi connectivity index (χ1) is 15.8. The number of amides is 3.